The van der Waals surface area contributed by atoms with E-state index < -0.39 is 0 Å². The summed E-state index contributed by atoms with van der Waals surface area (Å²) >= 11 is 1.76. The van der Waals surface area contributed by atoms with Crippen molar-refractivity contribution in [3.63, 3.8) is 0 Å². The summed E-state index contributed by atoms with van der Waals surface area (Å²) in [5.41, 5.74) is 10.1. The standard InChI is InChI=1S/C17H17NOS/c1-11-7-8-15(18)12(2)17(11)19-9-13-10-20-16-6-4-3-5-14(13)16/h3-8,10H,9,18H2,1-2H3. The number of ether oxygens (including phenoxy) is 1. The van der Waals surface area contributed by atoms with Gasteiger partial charge in [-0.2, -0.15) is 0 Å². The third-order valence-corrected chi connectivity index (χ3v) is 4.59. The highest BCUT2D eigenvalue weighted by atomic mass is 32.1. The Kier molecular flexibility index (Phi) is 3.36. The van der Waals surface area contributed by atoms with Gasteiger partial charge in [0.15, 0.2) is 0 Å². The molecular formula is C17H17NOS. The maximum atomic E-state index is 6.03. The largest absolute Gasteiger partial charge is 0.488 e. The van der Waals surface area contributed by atoms with Crippen LogP contribution in [-0.2, 0) is 6.61 Å². The number of benzene rings is 2. The summed E-state index contributed by atoms with van der Waals surface area (Å²) in [5.74, 6) is 0.903. The first-order chi connectivity index (χ1) is 9.66. The van der Waals surface area contributed by atoms with Crippen LogP contribution in [0.2, 0.25) is 0 Å². The maximum Gasteiger partial charge on any atom is 0.127 e. The van der Waals surface area contributed by atoms with E-state index in [1.54, 1.807) is 11.3 Å². The second kappa shape index (κ2) is 5.17. The van der Waals surface area contributed by atoms with Crippen molar-refractivity contribution < 1.29 is 4.74 Å². The summed E-state index contributed by atoms with van der Waals surface area (Å²) in [4.78, 5) is 0. The highest BCUT2D eigenvalue weighted by molar-refractivity contribution is 7.17. The quantitative estimate of drug-likeness (QED) is 0.708. The molecule has 2 aromatic carbocycles. The monoisotopic (exact) mass is 283 g/mol. The van der Waals surface area contributed by atoms with E-state index in [4.69, 9.17) is 10.5 Å². The van der Waals surface area contributed by atoms with E-state index >= 15 is 0 Å². The molecule has 102 valence electrons. The summed E-state index contributed by atoms with van der Waals surface area (Å²) in [6.07, 6.45) is 0. The summed E-state index contributed by atoms with van der Waals surface area (Å²) in [6.45, 7) is 4.63. The lowest BCUT2D eigenvalue weighted by atomic mass is 10.1. The van der Waals surface area contributed by atoms with Crippen LogP contribution < -0.4 is 10.5 Å². The van der Waals surface area contributed by atoms with Gasteiger partial charge < -0.3 is 10.5 Å². The molecule has 1 aromatic heterocycles. The van der Waals surface area contributed by atoms with E-state index in [0.717, 1.165) is 22.6 Å². The molecule has 3 aromatic rings. The Hall–Kier alpha value is -2.00. The Morgan fingerprint density at radius 3 is 2.75 bits per heavy atom. The van der Waals surface area contributed by atoms with Crippen LogP contribution in [0.25, 0.3) is 10.1 Å². The molecule has 0 radical (unpaired) electrons. The smallest absolute Gasteiger partial charge is 0.127 e. The van der Waals surface area contributed by atoms with Crippen LogP contribution in [0.5, 0.6) is 5.75 Å². The molecule has 3 heteroatoms. The molecule has 0 saturated heterocycles. The molecule has 1 heterocycles. The topological polar surface area (TPSA) is 35.2 Å². The first-order valence-electron chi connectivity index (χ1n) is 6.60. The fourth-order valence-corrected chi connectivity index (χ4v) is 3.31. The second-order valence-corrected chi connectivity index (χ2v) is 5.88. The van der Waals surface area contributed by atoms with Gasteiger partial charge in [0.1, 0.15) is 12.4 Å². The molecule has 0 aliphatic rings. The van der Waals surface area contributed by atoms with Gasteiger partial charge in [0.25, 0.3) is 0 Å². The molecule has 2 nitrogen and oxygen atoms in total. The number of thiophene rings is 1. The molecule has 0 amide bonds. The first-order valence-corrected chi connectivity index (χ1v) is 7.48. The van der Waals surface area contributed by atoms with Crippen LogP contribution in [0, 0.1) is 13.8 Å². The van der Waals surface area contributed by atoms with Gasteiger partial charge in [-0.1, -0.05) is 24.3 Å². The summed E-state index contributed by atoms with van der Waals surface area (Å²) in [5, 5.41) is 3.44. The molecule has 0 aliphatic carbocycles. The van der Waals surface area contributed by atoms with Crippen LogP contribution in [0.1, 0.15) is 16.7 Å². The molecule has 0 spiro atoms. The minimum atomic E-state index is 0.579. The SMILES string of the molecule is Cc1ccc(N)c(C)c1OCc1csc2ccccc12. The van der Waals surface area contributed by atoms with Gasteiger partial charge in [-0.15, -0.1) is 11.3 Å². The van der Waals surface area contributed by atoms with Crippen molar-refractivity contribution in [1.82, 2.24) is 0 Å². The first kappa shape index (κ1) is 13.0. The number of hydrogen-bond acceptors (Lipinski definition) is 3. The molecular weight excluding hydrogens is 266 g/mol. The van der Waals surface area contributed by atoms with E-state index in [1.807, 2.05) is 26.0 Å². The number of anilines is 1. The molecule has 0 aliphatic heterocycles. The van der Waals surface area contributed by atoms with Gasteiger partial charge in [-0.05, 0) is 42.3 Å². The molecule has 0 bridgehead atoms. The summed E-state index contributed by atoms with van der Waals surface area (Å²) < 4.78 is 7.33. The van der Waals surface area contributed by atoms with Gasteiger partial charge in [-0.25, -0.2) is 0 Å². The third-order valence-electron chi connectivity index (χ3n) is 3.58. The maximum absolute atomic E-state index is 6.03. The van der Waals surface area contributed by atoms with Crippen molar-refractivity contribution in [2.75, 3.05) is 5.73 Å². The Bertz CT molecular complexity index is 761. The van der Waals surface area contributed by atoms with Crippen molar-refractivity contribution >= 4 is 27.1 Å². The Morgan fingerprint density at radius 2 is 1.90 bits per heavy atom. The number of hydrogen-bond donors (Lipinski definition) is 1. The third kappa shape index (κ3) is 2.25. The zero-order valence-corrected chi connectivity index (χ0v) is 12.5. The van der Waals surface area contributed by atoms with Crippen LogP contribution in [-0.4, -0.2) is 0 Å². The number of rotatable bonds is 3. The number of fused-ring (bicyclic) bond motifs is 1. The lowest BCUT2D eigenvalue weighted by Gasteiger charge is -2.13. The van der Waals surface area contributed by atoms with E-state index in [0.29, 0.717) is 6.61 Å². The highest BCUT2D eigenvalue weighted by Crippen LogP contribution is 2.31. The van der Waals surface area contributed by atoms with Gasteiger partial charge in [0.2, 0.25) is 0 Å². The van der Waals surface area contributed by atoms with Crippen molar-refractivity contribution in [2.24, 2.45) is 0 Å². The van der Waals surface area contributed by atoms with Gasteiger partial charge in [-0.3, -0.25) is 0 Å². The fourth-order valence-electron chi connectivity index (χ4n) is 2.36. The molecule has 0 fully saturated rings. The van der Waals surface area contributed by atoms with E-state index in [1.165, 1.54) is 15.6 Å². The van der Waals surface area contributed by atoms with E-state index in [9.17, 15) is 0 Å². The Balaban J connectivity index is 1.89. The van der Waals surface area contributed by atoms with Crippen LogP contribution in [0.3, 0.4) is 0 Å². The fraction of sp³-hybridized carbons (Fsp3) is 0.176. The minimum Gasteiger partial charge on any atom is -0.488 e. The lowest BCUT2D eigenvalue weighted by molar-refractivity contribution is 0.304. The second-order valence-electron chi connectivity index (χ2n) is 4.97. The normalized spacial score (nSPS) is 10.9. The molecule has 2 N–H and O–H groups in total. The van der Waals surface area contributed by atoms with Crippen LogP contribution >= 0.6 is 11.3 Å². The van der Waals surface area contributed by atoms with Crippen LogP contribution in [0.15, 0.2) is 41.8 Å². The van der Waals surface area contributed by atoms with Crippen molar-refractivity contribution in [3.8, 4) is 5.75 Å². The average Bonchev–Trinajstić information content (AvgIpc) is 2.87. The zero-order chi connectivity index (χ0) is 14.1. The predicted octanol–water partition coefficient (Wildman–Crippen LogP) is 4.68. The molecule has 0 saturated carbocycles. The Morgan fingerprint density at radius 1 is 1.10 bits per heavy atom. The van der Waals surface area contributed by atoms with Gasteiger partial charge in [0.05, 0.1) is 0 Å². The van der Waals surface area contributed by atoms with E-state index in [-0.39, 0.29) is 0 Å². The number of nitrogen functional groups attached to an aromatic ring is 1. The summed E-state index contributed by atoms with van der Waals surface area (Å²) in [7, 11) is 0. The van der Waals surface area contributed by atoms with E-state index in [2.05, 4.69) is 29.6 Å². The van der Waals surface area contributed by atoms with Crippen molar-refractivity contribution in [3.05, 3.63) is 58.5 Å². The van der Waals surface area contributed by atoms with Crippen molar-refractivity contribution in [1.29, 1.82) is 0 Å². The molecule has 0 unspecified atom stereocenters. The molecule has 3 rings (SSSR count). The number of nitrogens with two attached hydrogens (primary N) is 1. The van der Waals surface area contributed by atoms with Crippen LogP contribution in [0.4, 0.5) is 5.69 Å². The average molecular weight is 283 g/mol. The lowest BCUT2D eigenvalue weighted by Crippen LogP contribution is -2.00. The highest BCUT2D eigenvalue weighted by Gasteiger charge is 2.09. The summed E-state index contributed by atoms with van der Waals surface area (Å²) in [6, 6.07) is 12.3. The van der Waals surface area contributed by atoms with Gasteiger partial charge in [0, 0.05) is 21.5 Å². The number of aryl methyl sites for hydroxylation is 1. The molecule has 0 atom stereocenters. The predicted molar refractivity (Wildman–Crippen MR) is 86.5 cm³/mol. The van der Waals surface area contributed by atoms with Crippen molar-refractivity contribution in [2.45, 2.75) is 20.5 Å². The zero-order valence-electron chi connectivity index (χ0n) is 11.6. The minimum absolute atomic E-state index is 0.579. The Labute approximate surface area is 122 Å². The van der Waals surface area contributed by atoms with Gasteiger partial charge >= 0.3 is 0 Å². The molecule has 20 heavy (non-hydrogen) atoms.